The minimum absolute atomic E-state index is 0.243. The minimum Gasteiger partial charge on any atom is -0.356 e. The zero-order valence-corrected chi connectivity index (χ0v) is 17.0. The van der Waals surface area contributed by atoms with E-state index in [9.17, 15) is 17.6 Å². The lowest BCUT2D eigenvalue weighted by Crippen LogP contribution is -1.84. The van der Waals surface area contributed by atoms with E-state index in [1.54, 1.807) is 32.0 Å². The fourth-order valence-electron chi connectivity index (χ4n) is 2.56. The van der Waals surface area contributed by atoms with Gasteiger partial charge in [-0.05, 0) is 50.2 Å². The molecule has 6 heteroatoms. The molecule has 0 saturated heterocycles. The van der Waals surface area contributed by atoms with Crippen LogP contribution in [0.25, 0.3) is 21.8 Å². The molecule has 4 aromatic rings. The SMILES string of the molecule is CC.CC.Cc1cc2c(F)ccc(F)c2[nH]1.Cc1cc2ccc(F)c(F)c2[nH]1. The molecule has 2 nitrogen and oxygen atoms in total. The quantitative estimate of drug-likeness (QED) is 0.288. The fourth-order valence-corrected chi connectivity index (χ4v) is 2.56. The molecule has 2 N–H and O–H groups in total. The molecule has 0 fully saturated rings. The number of hydrogen-bond acceptors (Lipinski definition) is 0. The smallest absolute Gasteiger partial charge is 0.182 e. The van der Waals surface area contributed by atoms with E-state index in [-0.39, 0.29) is 11.0 Å². The Labute approximate surface area is 162 Å². The Bertz CT molecular complexity index is 992. The van der Waals surface area contributed by atoms with Crippen LogP contribution in [-0.2, 0) is 0 Å². The van der Waals surface area contributed by atoms with Crippen molar-refractivity contribution >= 4 is 21.8 Å². The lowest BCUT2D eigenvalue weighted by molar-refractivity contribution is 0.515. The zero-order chi connectivity index (χ0) is 21.4. The van der Waals surface area contributed by atoms with Crippen LogP contribution in [0.15, 0.2) is 36.4 Å². The van der Waals surface area contributed by atoms with Gasteiger partial charge in [0.15, 0.2) is 11.6 Å². The number of hydrogen-bond donors (Lipinski definition) is 2. The standard InChI is InChI=1S/2C9H7F2N.2C2H6/c1-5-4-6-7(10)2-3-8(11)9(6)12-5;1-5-4-6-2-3-7(10)8(11)9(6)12-5;2*1-2/h2*2-4,12H,1H3;2*1-2H3. The maximum Gasteiger partial charge on any atom is 0.182 e. The summed E-state index contributed by atoms with van der Waals surface area (Å²) in [5.41, 5.74) is 2.07. The third kappa shape index (κ3) is 5.15. The van der Waals surface area contributed by atoms with Crippen LogP contribution in [0, 0.1) is 37.1 Å². The molecule has 4 rings (SSSR count). The minimum atomic E-state index is -0.815. The maximum atomic E-state index is 13.0. The molecule has 0 bridgehead atoms. The Morgan fingerprint density at radius 3 is 1.71 bits per heavy atom. The first-order chi connectivity index (χ1) is 13.4. The molecule has 0 saturated carbocycles. The molecule has 0 aliphatic heterocycles. The first-order valence-corrected chi connectivity index (χ1v) is 9.23. The van der Waals surface area contributed by atoms with Crippen molar-refractivity contribution in [2.24, 2.45) is 0 Å². The average Bonchev–Trinajstić information content (AvgIpc) is 3.29. The second kappa shape index (κ2) is 10.5. The summed E-state index contributed by atoms with van der Waals surface area (Å²) >= 11 is 0. The molecule has 0 amide bonds. The summed E-state index contributed by atoms with van der Waals surface area (Å²) in [6.45, 7) is 11.6. The number of rotatable bonds is 0. The normalized spacial score (nSPS) is 9.79. The Hall–Kier alpha value is -2.76. The summed E-state index contributed by atoms with van der Waals surface area (Å²) in [6, 6.07) is 8.30. The van der Waals surface area contributed by atoms with Crippen LogP contribution in [0.3, 0.4) is 0 Å². The second-order valence-corrected chi connectivity index (χ2v) is 5.55. The van der Waals surface area contributed by atoms with E-state index >= 15 is 0 Å². The lowest BCUT2D eigenvalue weighted by Gasteiger charge is -1.92. The Kier molecular flexibility index (Phi) is 8.76. The number of fused-ring (bicyclic) bond motifs is 2. The van der Waals surface area contributed by atoms with Gasteiger partial charge in [-0.3, -0.25) is 0 Å². The number of H-pyrrole nitrogens is 2. The van der Waals surface area contributed by atoms with Crippen molar-refractivity contribution in [1.82, 2.24) is 9.97 Å². The number of halogens is 4. The van der Waals surface area contributed by atoms with Crippen molar-refractivity contribution in [3.05, 3.63) is 71.1 Å². The van der Waals surface area contributed by atoms with Crippen molar-refractivity contribution in [2.75, 3.05) is 0 Å². The van der Waals surface area contributed by atoms with Crippen LogP contribution in [0.1, 0.15) is 39.1 Å². The predicted octanol–water partition coefficient (Wildman–Crippen LogP) is 7.56. The van der Waals surface area contributed by atoms with E-state index in [4.69, 9.17) is 0 Å². The highest BCUT2D eigenvalue weighted by atomic mass is 19.2. The van der Waals surface area contributed by atoms with Crippen molar-refractivity contribution in [2.45, 2.75) is 41.5 Å². The van der Waals surface area contributed by atoms with Gasteiger partial charge in [-0.2, -0.15) is 0 Å². The van der Waals surface area contributed by atoms with Gasteiger partial charge in [0.1, 0.15) is 11.6 Å². The van der Waals surface area contributed by atoms with Gasteiger partial charge in [-0.15, -0.1) is 0 Å². The van der Waals surface area contributed by atoms with Gasteiger partial charge in [-0.1, -0.05) is 27.7 Å². The summed E-state index contributed by atoms with van der Waals surface area (Å²) in [4.78, 5) is 5.51. The van der Waals surface area contributed by atoms with Gasteiger partial charge < -0.3 is 9.97 Å². The molecular formula is C22H26F4N2. The van der Waals surface area contributed by atoms with Gasteiger partial charge in [0, 0.05) is 22.2 Å². The lowest BCUT2D eigenvalue weighted by atomic mass is 10.2. The number of aromatic amines is 2. The Morgan fingerprint density at radius 1 is 0.607 bits per heavy atom. The number of aryl methyl sites for hydroxylation is 2. The van der Waals surface area contributed by atoms with Crippen LogP contribution >= 0.6 is 0 Å². The van der Waals surface area contributed by atoms with Crippen LogP contribution in [0.4, 0.5) is 17.6 Å². The van der Waals surface area contributed by atoms with Crippen molar-refractivity contribution < 1.29 is 17.6 Å². The van der Waals surface area contributed by atoms with Crippen LogP contribution in [0.2, 0.25) is 0 Å². The molecular weight excluding hydrogens is 368 g/mol. The van der Waals surface area contributed by atoms with Gasteiger partial charge >= 0.3 is 0 Å². The third-order valence-electron chi connectivity index (χ3n) is 3.65. The molecule has 0 spiro atoms. The van der Waals surface area contributed by atoms with Gasteiger partial charge in [0.25, 0.3) is 0 Å². The summed E-state index contributed by atoms with van der Waals surface area (Å²) in [7, 11) is 0. The second-order valence-electron chi connectivity index (χ2n) is 5.55. The van der Waals surface area contributed by atoms with Gasteiger partial charge in [0.2, 0.25) is 0 Å². The van der Waals surface area contributed by atoms with Gasteiger partial charge in [0.05, 0.1) is 11.0 Å². The number of benzene rings is 2. The van der Waals surface area contributed by atoms with E-state index in [0.29, 0.717) is 10.8 Å². The first-order valence-electron chi connectivity index (χ1n) is 9.23. The Balaban J connectivity index is 0.000000238. The number of nitrogens with one attached hydrogen (secondary N) is 2. The van der Waals surface area contributed by atoms with E-state index in [1.807, 2.05) is 27.7 Å². The predicted molar refractivity (Wildman–Crippen MR) is 109 cm³/mol. The highest BCUT2D eigenvalue weighted by Crippen LogP contribution is 2.21. The molecule has 0 atom stereocenters. The highest BCUT2D eigenvalue weighted by molar-refractivity contribution is 5.81. The molecule has 28 heavy (non-hydrogen) atoms. The van der Waals surface area contributed by atoms with Crippen molar-refractivity contribution in [1.29, 1.82) is 0 Å². The first kappa shape index (κ1) is 23.3. The van der Waals surface area contributed by atoms with Crippen LogP contribution in [0.5, 0.6) is 0 Å². The van der Waals surface area contributed by atoms with E-state index in [2.05, 4.69) is 9.97 Å². The molecule has 2 heterocycles. The molecule has 2 aromatic carbocycles. The van der Waals surface area contributed by atoms with Crippen molar-refractivity contribution in [3.8, 4) is 0 Å². The van der Waals surface area contributed by atoms with Crippen molar-refractivity contribution in [3.63, 3.8) is 0 Å². The topological polar surface area (TPSA) is 31.6 Å². The van der Waals surface area contributed by atoms with E-state index in [0.717, 1.165) is 29.6 Å². The monoisotopic (exact) mass is 394 g/mol. The molecule has 0 unspecified atom stereocenters. The highest BCUT2D eigenvalue weighted by Gasteiger charge is 2.08. The molecule has 0 aliphatic rings. The summed E-state index contributed by atoms with van der Waals surface area (Å²) in [6.07, 6.45) is 0. The summed E-state index contributed by atoms with van der Waals surface area (Å²) in [5, 5.41) is 1.01. The summed E-state index contributed by atoms with van der Waals surface area (Å²) < 4.78 is 51.6. The third-order valence-corrected chi connectivity index (χ3v) is 3.65. The van der Waals surface area contributed by atoms with E-state index < -0.39 is 23.3 Å². The maximum absolute atomic E-state index is 13.0. The molecule has 0 aliphatic carbocycles. The number of aromatic nitrogens is 2. The molecule has 0 radical (unpaired) electrons. The summed E-state index contributed by atoms with van der Waals surface area (Å²) in [5.74, 6) is -2.43. The van der Waals surface area contributed by atoms with Crippen LogP contribution in [-0.4, -0.2) is 9.97 Å². The largest absolute Gasteiger partial charge is 0.356 e. The molecule has 152 valence electrons. The van der Waals surface area contributed by atoms with E-state index in [1.165, 1.54) is 0 Å². The molecule has 2 aromatic heterocycles. The fraction of sp³-hybridized carbons (Fsp3) is 0.273. The van der Waals surface area contributed by atoms with Crippen LogP contribution < -0.4 is 0 Å². The van der Waals surface area contributed by atoms with Gasteiger partial charge in [-0.25, -0.2) is 17.6 Å². The zero-order valence-electron chi connectivity index (χ0n) is 17.0. The average molecular weight is 394 g/mol. The Morgan fingerprint density at radius 2 is 1.11 bits per heavy atom.